The van der Waals surface area contributed by atoms with Crippen LogP contribution in [0.2, 0.25) is 0 Å². The third kappa shape index (κ3) is 2.01. The number of aliphatic hydroxyl groups excluding tert-OH is 3. The van der Waals surface area contributed by atoms with E-state index in [1.807, 2.05) is 0 Å². The Labute approximate surface area is 108 Å². The number of anilines is 1. The van der Waals surface area contributed by atoms with Gasteiger partial charge >= 0.3 is 5.69 Å². The fourth-order valence-electron chi connectivity index (χ4n) is 2.15. The lowest BCUT2D eigenvalue weighted by Crippen LogP contribution is -2.58. The van der Waals surface area contributed by atoms with Crippen LogP contribution in [-0.2, 0) is 10.6 Å². The molecule has 1 aromatic rings. The lowest BCUT2D eigenvalue weighted by atomic mass is 10.1. The first-order chi connectivity index (χ1) is 8.96. The van der Waals surface area contributed by atoms with E-state index < -0.39 is 36.5 Å². The first-order valence-corrected chi connectivity index (χ1v) is 5.65. The summed E-state index contributed by atoms with van der Waals surface area (Å²) >= 11 is 0. The first-order valence-electron chi connectivity index (χ1n) is 5.65. The van der Waals surface area contributed by atoms with Crippen molar-refractivity contribution in [2.75, 3.05) is 19.4 Å². The average Bonchev–Trinajstić information content (AvgIpc) is 2.64. The fraction of sp³-hybridized carbons (Fsp3) is 0.600. The zero-order valence-electron chi connectivity index (χ0n) is 10.2. The van der Waals surface area contributed by atoms with Gasteiger partial charge in [0.2, 0.25) is 5.85 Å². The third-order valence-corrected chi connectivity index (χ3v) is 3.16. The maximum atomic E-state index is 11.8. The van der Waals surface area contributed by atoms with Crippen molar-refractivity contribution >= 4 is 5.82 Å². The summed E-state index contributed by atoms with van der Waals surface area (Å²) in [5.74, 6) is -1.68. The van der Waals surface area contributed by atoms with Gasteiger partial charge in [0.15, 0.2) is 0 Å². The van der Waals surface area contributed by atoms with Crippen LogP contribution in [0.1, 0.15) is 0 Å². The van der Waals surface area contributed by atoms with Crippen molar-refractivity contribution in [2.45, 2.75) is 24.2 Å². The highest BCUT2D eigenvalue weighted by molar-refractivity contribution is 5.24. The SMILES string of the molecule is CN[C@@]1(n2ccc(N)nc2=O)O[C@H](CO)[C@@H](O)[C@H]1O. The van der Waals surface area contributed by atoms with Gasteiger partial charge in [0.05, 0.1) is 6.61 Å². The highest BCUT2D eigenvalue weighted by atomic mass is 16.6. The van der Waals surface area contributed by atoms with Gasteiger partial charge in [-0.1, -0.05) is 0 Å². The number of nitrogen functional groups attached to an aromatic ring is 1. The number of ether oxygens (including phenoxy) is 1. The molecule has 1 saturated heterocycles. The molecule has 4 atom stereocenters. The Morgan fingerprint density at radius 1 is 1.63 bits per heavy atom. The van der Waals surface area contributed by atoms with Crippen molar-refractivity contribution < 1.29 is 20.1 Å². The molecule has 0 unspecified atom stereocenters. The van der Waals surface area contributed by atoms with E-state index in [1.165, 1.54) is 19.3 Å². The molecule has 0 amide bonds. The molecule has 0 aliphatic carbocycles. The molecule has 1 aliphatic rings. The predicted molar refractivity (Wildman–Crippen MR) is 63.9 cm³/mol. The number of hydrogen-bond acceptors (Lipinski definition) is 8. The van der Waals surface area contributed by atoms with Crippen LogP contribution in [0, 0.1) is 0 Å². The van der Waals surface area contributed by atoms with Gasteiger partial charge in [-0.3, -0.25) is 9.88 Å². The molecule has 1 aromatic heterocycles. The number of nitrogens with two attached hydrogens (primary N) is 1. The summed E-state index contributed by atoms with van der Waals surface area (Å²) in [5.41, 5.74) is 4.64. The number of aliphatic hydroxyl groups is 3. The van der Waals surface area contributed by atoms with Crippen molar-refractivity contribution in [1.29, 1.82) is 0 Å². The van der Waals surface area contributed by atoms with Gasteiger partial charge in [0, 0.05) is 6.20 Å². The van der Waals surface area contributed by atoms with Crippen molar-refractivity contribution in [2.24, 2.45) is 0 Å². The van der Waals surface area contributed by atoms with E-state index in [-0.39, 0.29) is 5.82 Å². The molecule has 0 spiro atoms. The number of hydrogen-bond donors (Lipinski definition) is 5. The Morgan fingerprint density at radius 2 is 2.32 bits per heavy atom. The smallest absolute Gasteiger partial charge is 0.352 e. The highest BCUT2D eigenvalue weighted by Crippen LogP contribution is 2.32. The van der Waals surface area contributed by atoms with Gasteiger partial charge in [0.25, 0.3) is 0 Å². The molecule has 106 valence electrons. The van der Waals surface area contributed by atoms with Crippen molar-refractivity contribution in [1.82, 2.24) is 14.9 Å². The van der Waals surface area contributed by atoms with Gasteiger partial charge in [-0.15, -0.1) is 0 Å². The molecule has 9 nitrogen and oxygen atoms in total. The zero-order chi connectivity index (χ0) is 14.2. The van der Waals surface area contributed by atoms with Crippen molar-refractivity contribution in [3.8, 4) is 0 Å². The Balaban J connectivity index is 2.52. The summed E-state index contributed by atoms with van der Waals surface area (Å²) in [6.45, 7) is -0.501. The maximum absolute atomic E-state index is 11.8. The van der Waals surface area contributed by atoms with Gasteiger partial charge < -0.3 is 25.8 Å². The second kappa shape index (κ2) is 4.87. The van der Waals surface area contributed by atoms with E-state index in [2.05, 4.69) is 10.3 Å². The summed E-state index contributed by atoms with van der Waals surface area (Å²) in [4.78, 5) is 15.4. The lowest BCUT2D eigenvalue weighted by Gasteiger charge is -2.32. The molecular formula is C10H16N4O5. The van der Waals surface area contributed by atoms with E-state index in [0.29, 0.717) is 0 Å². The number of rotatable bonds is 3. The largest absolute Gasteiger partial charge is 0.394 e. The first kappa shape index (κ1) is 13.9. The molecule has 19 heavy (non-hydrogen) atoms. The minimum Gasteiger partial charge on any atom is -0.394 e. The number of likely N-dealkylation sites (N-methyl/N-ethyl adjacent to an activating group) is 1. The fourth-order valence-corrected chi connectivity index (χ4v) is 2.15. The number of aromatic nitrogens is 2. The molecule has 1 fully saturated rings. The quantitative estimate of drug-likeness (QED) is 0.386. The van der Waals surface area contributed by atoms with E-state index in [1.54, 1.807) is 0 Å². The third-order valence-electron chi connectivity index (χ3n) is 3.16. The summed E-state index contributed by atoms with van der Waals surface area (Å²) in [6.07, 6.45) is -2.54. The molecular weight excluding hydrogens is 256 g/mol. The second-order valence-electron chi connectivity index (χ2n) is 4.23. The van der Waals surface area contributed by atoms with Crippen LogP contribution in [0.5, 0.6) is 0 Å². The lowest BCUT2D eigenvalue weighted by molar-refractivity contribution is -0.168. The zero-order valence-corrected chi connectivity index (χ0v) is 10.2. The number of nitrogens with zero attached hydrogens (tertiary/aromatic N) is 2. The van der Waals surface area contributed by atoms with E-state index in [9.17, 15) is 15.0 Å². The predicted octanol–water partition coefficient (Wildman–Crippen LogP) is -3.23. The topological polar surface area (TPSA) is 143 Å². The van der Waals surface area contributed by atoms with E-state index in [4.69, 9.17) is 15.6 Å². The Bertz CT molecular complexity index is 521. The van der Waals surface area contributed by atoms with E-state index in [0.717, 1.165) is 4.57 Å². The molecule has 6 N–H and O–H groups in total. The molecule has 9 heteroatoms. The minimum absolute atomic E-state index is 0.0271. The Kier molecular flexibility index (Phi) is 3.56. The van der Waals surface area contributed by atoms with Crippen molar-refractivity contribution in [3.05, 3.63) is 22.7 Å². The Morgan fingerprint density at radius 3 is 2.79 bits per heavy atom. The molecule has 2 rings (SSSR count). The maximum Gasteiger partial charge on any atom is 0.352 e. The molecule has 1 aliphatic heterocycles. The van der Waals surface area contributed by atoms with Gasteiger partial charge in [-0.25, -0.2) is 4.79 Å². The molecule has 0 bridgehead atoms. The van der Waals surface area contributed by atoms with Gasteiger partial charge in [0.1, 0.15) is 24.1 Å². The number of nitrogens with one attached hydrogen (secondary N) is 1. The monoisotopic (exact) mass is 272 g/mol. The summed E-state index contributed by atoms with van der Waals surface area (Å²) < 4.78 is 6.38. The second-order valence-corrected chi connectivity index (χ2v) is 4.23. The highest BCUT2D eigenvalue weighted by Gasteiger charge is 2.55. The van der Waals surface area contributed by atoms with Crippen molar-refractivity contribution in [3.63, 3.8) is 0 Å². The van der Waals surface area contributed by atoms with Crippen LogP contribution in [-0.4, -0.2) is 56.8 Å². The van der Waals surface area contributed by atoms with E-state index >= 15 is 0 Å². The molecule has 2 heterocycles. The van der Waals surface area contributed by atoms with Gasteiger partial charge in [-0.2, -0.15) is 4.98 Å². The Hall–Kier alpha value is -1.52. The van der Waals surface area contributed by atoms with Crippen LogP contribution < -0.4 is 16.7 Å². The van der Waals surface area contributed by atoms with Crippen LogP contribution in [0.15, 0.2) is 17.1 Å². The minimum atomic E-state index is -1.70. The molecule has 0 aromatic carbocycles. The summed E-state index contributed by atoms with van der Waals surface area (Å²) in [7, 11) is 1.44. The standard InChI is InChI=1S/C10H16N4O5/c1-12-10(8(17)7(16)5(4-15)19-10)14-3-2-6(11)13-9(14)18/h2-3,5,7-8,12,15-17H,4H2,1H3,(H2,11,13,18)/t5-,7-,8-,10+/m1/s1. The summed E-state index contributed by atoms with van der Waals surface area (Å²) in [6, 6.07) is 1.36. The molecule has 0 radical (unpaired) electrons. The average molecular weight is 272 g/mol. The molecule has 0 saturated carbocycles. The van der Waals surface area contributed by atoms with Crippen LogP contribution in [0.25, 0.3) is 0 Å². The van der Waals surface area contributed by atoms with Gasteiger partial charge in [-0.05, 0) is 13.1 Å². The normalized spacial score (nSPS) is 34.6. The van der Waals surface area contributed by atoms with Crippen LogP contribution >= 0.6 is 0 Å². The summed E-state index contributed by atoms with van der Waals surface area (Å²) in [5, 5.41) is 31.6. The van der Waals surface area contributed by atoms with Crippen LogP contribution in [0.4, 0.5) is 5.82 Å². The van der Waals surface area contributed by atoms with Crippen LogP contribution in [0.3, 0.4) is 0 Å².